The van der Waals surface area contributed by atoms with Crippen molar-refractivity contribution in [1.29, 1.82) is 0 Å². The van der Waals surface area contributed by atoms with Gasteiger partial charge in [-0.25, -0.2) is 0 Å². The molecule has 1 aromatic rings. The van der Waals surface area contributed by atoms with Gasteiger partial charge in [-0.05, 0) is 59.3 Å². The van der Waals surface area contributed by atoms with Gasteiger partial charge in [-0.1, -0.05) is 0 Å². The SMILES string of the molecule is COc1cc(C(O)CN)cc(Br)c1OC1CCCC1. The number of ether oxygens (including phenoxy) is 2. The van der Waals surface area contributed by atoms with E-state index in [0.29, 0.717) is 11.5 Å². The van der Waals surface area contributed by atoms with Gasteiger partial charge in [-0.15, -0.1) is 0 Å². The van der Waals surface area contributed by atoms with Gasteiger partial charge in [0.2, 0.25) is 0 Å². The van der Waals surface area contributed by atoms with Crippen molar-refractivity contribution in [2.45, 2.75) is 37.9 Å². The fraction of sp³-hybridized carbons (Fsp3) is 0.571. The smallest absolute Gasteiger partial charge is 0.175 e. The Balaban J connectivity index is 2.26. The topological polar surface area (TPSA) is 64.7 Å². The number of hydrogen-bond acceptors (Lipinski definition) is 4. The molecule has 1 unspecified atom stereocenters. The van der Waals surface area contributed by atoms with Crippen molar-refractivity contribution in [2.24, 2.45) is 5.73 Å². The predicted molar refractivity (Wildman–Crippen MR) is 77.6 cm³/mol. The van der Waals surface area contributed by atoms with Gasteiger partial charge in [-0.3, -0.25) is 0 Å². The molecule has 0 heterocycles. The fourth-order valence-electron chi connectivity index (χ4n) is 2.36. The Labute approximate surface area is 122 Å². The number of halogens is 1. The van der Waals surface area contributed by atoms with Crippen LogP contribution in [0.4, 0.5) is 0 Å². The van der Waals surface area contributed by atoms with Crippen molar-refractivity contribution >= 4 is 15.9 Å². The summed E-state index contributed by atoms with van der Waals surface area (Å²) in [6.45, 7) is 0.179. The van der Waals surface area contributed by atoms with E-state index in [1.54, 1.807) is 13.2 Å². The predicted octanol–water partition coefficient (Wildman–Crippen LogP) is 2.77. The van der Waals surface area contributed by atoms with Crippen molar-refractivity contribution in [2.75, 3.05) is 13.7 Å². The van der Waals surface area contributed by atoms with Crippen molar-refractivity contribution < 1.29 is 14.6 Å². The van der Waals surface area contributed by atoms with Crippen LogP contribution in [0, 0.1) is 0 Å². The molecule has 3 N–H and O–H groups in total. The highest BCUT2D eigenvalue weighted by Gasteiger charge is 2.21. The molecule has 106 valence electrons. The van der Waals surface area contributed by atoms with E-state index in [4.69, 9.17) is 15.2 Å². The summed E-state index contributed by atoms with van der Waals surface area (Å²) in [4.78, 5) is 0. The first-order valence-corrected chi connectivity index (χ1v) is 7.37. The molecule has 1 atom stereocenters. The van der Waals surface area contributed by atoms with Crippen LogP contribution in [0.5, 0.6) is 11.5 Å². The summed E-state index contributed by atoms with van der Waals surface area (Å²) in [6.07, 6.45) is 4.18. The van der Waals surface area contributed by atoms with E-state index in [1.165, 1.54) is 12.8 Å². The molecule has 5 heteroatoms. The van der Waals surface area contributed by atoms with Crippen LogP contribution in [-0.4, -0.2) is 24.9 Å². The van der Waals surface area contributed by atoms with E-state index in [-0.39, 0.29) is 12.6 Å². The van der Waals surface area contributed by atoms with E-state index in [1.807, 2.05) is 6.07 Å². The molecular formula is C14H20BrNO3. The first-order valence-electron chi connectivity index (χ1n) is 6.58. The molecule has 4 nitrogen and oxygen atoms in total. The van der Waals surface area contributed by atoms with E-state index >= 15 is 0 Å². The molecule has 0 bridgehead atoms. The van der Waals surface area contributed by atoms with Crippen molar-refractivity contribution in [3.05, 3.63) is 22.2 Å². The zero-order valence-corrected chi connectivity index (χ0v) is 12.6. The Bertz CT molecular complexity index is 433. The van der Waals surface area contributed by atoms with Crippen LogP contribution in [0.15, 0.2) is 16.6 Å². The minimum absolute atomic E-state index is 0.179. The Morgan fingerprint density at radius 2 is 2.11 bits per heavy atom. The maximum atomic E-state index is 9.81. The molecule has 1 aromatic carbocycles. The van der Waals surface area contributed by atoms with E-state index in [9.17, 15) is 5.11 Å². The standard InChI is InChI=1S/C14H20BrNO3/c1-18-13-7-9(12(17)8-16)6-11(15)14(13)19-10-4-2-3-5-10/h6-7,10,12,17H,2-5,8,16H2,1H3. The molecule has 0 radical (unpaired) electrons. The Morgan fingerprint density at radius 1 is 1.42 bits per heavy atom. The third-order valence-corrected chi connectivity index (χ3v) is 4.04. The lowest BCUT2D eigenvalue weighted by Gasteiger charge is -2.19. The number of aliphatic hydroxyl groups is 1. The van der Waals surface area contributed by atoms with Crippen LogP contribution < -0.4 is 15.2 Å². The molecule has 0 aromatic heterocycles. The normalized spacial score (nSPS) is 17.5. The van der Waals surface area contributed by atoms with E-state index in [0.717, 1.165) is 22.9 Å². The highest BCUT2D eigenvalue weighted by atomic mass is 79.9. The molecule has 0 amide bonds. The number of benzene rings is 1. The highest BCUT2D eigenvalue weighted by Crippen LogP contribution is 2.40. The summed E-state index contributed by atoms with van der Waals surface area (Å²) >= 11 is 3.49. The molecule has 2 rings (SSSR count). The van der Waals surface area contributed by atoms with Gasteiger partial charge in [0.1, 0.15) is 0 Å². The van der Waals surface area contributed by atoms with Crippen LogP contribution in [0.3, 0.4) is 0 Å². The molecule has 0 saturated heterocycles. The Morgan fingerprint density at radius 3 is 2.68 bits per heavy atom. The van der Waals surface area contributed by atoms with Crippen LogP contribution in [0.1, 0.15) is 37.4 Å². The monoisotopic (exact) mass is 329 g/mol. The molecule has 1 aliphatic carbocycles. The van der Waals surface area contributed by atoms with Crippen LogP contribution in [0.25, 0.3) is 0 Å². The van der Waals surface area contributed by atoms with E-state index < -0.39 is 6.10 Å². The lowest BCUT2D eigenvalue weighted by molar-refractivity contribution is 0.183. The Kier molecular flexibility index (Phi) is 5.07. The minimum atomic E-state index is -0.689. The second-order valence-electron chi connectivity index (χ2n) is 4.81. The van der Waals surface area contributed by atoms with Gasteiger partial charge in [0.05, 0.1) is 23.8 Å². The lowest BCUT2D eigenvalue weighted by Crippen LogP contribution is -2.14. The molecule has 1 aliphatic rings. The summed E-state index contributed by atoms with van der Waals surface area (Å²) in [6, 6.07) is 3.62. The van der Waals surface area contributed by atoms with Gasteiger partial charge >= 0.3 is 0 Å². The van der Waals surface area contributed by atoms with Crippen LogP contribution >= 0.6 is 15.9 Å². The van der Waals surface area contributed by atoms with Gasteiger partial charge < -0.3 is 20.3 Å². The summed E-state index contributed by atoms with van der Waals surface area (Å²) < 4.78 is 12.2. The fourth-order valence-corrected chi connectivity index (χ4v) is 2.91. The number of hydrogen-bond donors (Lipinski definition) is 2. The Hall–Kier alpha value is -0.780. The first-order chi connectivity index (χ1) is 9.15. The summed E-state index contributed by atoms with van der Waals surface area (Å²) in [7, 11) is 1.60. The zero-order valence-electron chi connectivity index (χ0n) is 11.1. The largest absolute Gasteiger partial charge is 0.493 e. The minimum Gasteiger partial charge on any atom is -0.493 e. The maximum absolute atomic E-state index is 9.81. The summed E-state index contributed by atoms with van der Waals surface area (Å²) in [5.41, 5.74) is 6.21. The maximum Gasteiger partial charge on any atom is 0.175 e. The van der Waals surface area contributed by atoms with Gasteiger partial charge in [0.15, 0.2) is 11.5 Å². The average Bonchev–Trinajstić information content (AvgIpc) is 2.92. The quantitative estimate of drug-likeness (QED) is 0.871. The third-order valence-electron chi connectivity index (χ3n) is 3.45. The number of methoxy groups -OCH3 is 1. The van der Waals surface area contributed by atoms with Crippen LogP contribution in [0.2, 0.25) is 0 Å². The number of rotatable bonds is 5. The highest BCUT2D eigenvalue weighted by molar-refractivity contribution is 9.10. The average molecular weight is 330 g/mol. The summed E-state index contributed by atoms with van der Waals surface area (Å²) in [5, 5.41) is 9.81. The van der Waals surface area contributed by atoms with Crippen molar-refractivity contribution in [3.63, 3.8) is 0 Å². The van der Waals surface area contributed by atoms with Gasteiger partial charge in [-0.2, -0.15) is 0 Å². The summed E-state index contributed by atoms with van der Waals surface area (Å²) in [5.74, 6) is 1.34. The third kappa shape index (κ3) is 3.41. The molecule has 0 aliphatic heterocycles. The number of aliphatic hydroxyl groups excluding tert-OH is 1. The molecule has 1 fully saturated rings. The van der Waals surface area contributed by atoms with Gasteiger partial charge in [0, 0.05) is 6.54 Å². The second-order valence-corrected chi connectivity index (χ2v) is 5.66. The first kappa shape index (κ1) is 14.6. The number of nitrogens with two attached hydrogens (primary N) is 1. The van der Waals surface area contributed by atoms with Crippen molar-refractivity contribution in [1.82, 2.24) is 0 Å². The molecule has 19 heavy (non-hydrogen) atoms. The molecule has 1 saturated carbocycles. The van der Waals surface area contributed by atoms with E-state index in [2.05, 4.69) is 15.9 Å². The molecular weight excluding hydrogens is 310 g/mol. The van der Waals surface area contributed by atoms with Gasteiger partial charge in [0.25, 0.3) is 0 Å². The lowest BCUT2D eigenvalue weighted by atomic mass is 10.1. The molecule has 0 spiro atoms. The van der Waals surface area contributed by atoms with Crippen molar-refractivity contribution in [3.8, 4) is 11.5 Å². The van der Waals surface area contributed by atoms with Crippen LogP contribution in [-0.2, 0) is 0 Å². The zero-order chi connectivity index (χ0) is 13.8. The second kappa shape index (κ2) is 6.59.